The summed E-state index contributed by atoms with van der Waals surface area (Å²) in [5.41, 5.74) is 1.02. The molecule has 10 heteroatoms. The number of sulfonamides is 1. The number of fused-ring (bicyclic) bond motifs is 1. The predicted octanol–water partition coefficient (Wildman–Crippen LogP) is 3.04. The fraction of sp³-hybridized carbons (Fsp3) is 0.250. The van der Waals surface area contributed by atoms with Gasteiger partial charge in [0.1, 0.15) is 22.1 Å². The van der Waals surface area contributed by atoms with Crippen molar-refractivity contribution in [3.63, 3.8) is 0 Å². The van der Waals surface area contributed by atoms with E-state index in [0.717, 1.165) is 21.5 Å². The third kappa shape index (κ3) is 4.42. The summed E-state index contributed by atoms with van der Waals surface area (Å²) in [4.78, 5) is 2.02. The molecule has 2 heterocycles. The lowest BCUT2D eigenvalue weighted by atomic mass is 10.3. The molecular weight excluding hydrogens is 487 g/mol. The molecule has 0 radical (unpaired) electrons. The molecule has 2 aromatic heterocycles. The highest BCUT2D eigenvalue weighted by atomic mass is 127. The second kappa shape index (κ2) is 8.03. The topological polar surface area (TPSA) is 84.4 Å². The van der Waals surface area contributed by atoms with E-state index in [0.29, 0.717) is 28.9 Å². The Bertz CT molecular complexity index is 1020. The Hall–Kier alpha value is -1.50. The Morgan fingerprint density at radius 1 is 1.31 bits per heavy atom. The van der Waals surface area contributed by atoms with E-state index in [1.165, 1.54) is 6.20 Å². The van der Waals surface area contributed by atoms with Crippen LogP contribution in [0, 0.1) is 3.57 Å². The molecule has 3 rings (SSSR count). The zero-order valence-electron chi connectivity index (χ0n) is 14.1. The van der Waals surface area contributed by atoms with Crippen LogP contribution < -0.4 is 9.46 Å². The van der Waals surface area contributed by atoms with Crippen LogP contribution in [0.1, 0.15) is 0 Å². The van der Waals surface area contributed by atoms with Gasteiger partial charge in [-0.2, -0.15) is 5.10 Å². The van der Waals surface area contributed by atoms with E-state index in [1.54, 1.807) is 23.6 Å². The molecule has 0 fully saturated rings. The van der Waals surface area contributed by atoms with Gasteiger partial charge in [-0.25, -0.2) is 8.42 Å². The molecule has 3 aromatic rings. The van der Waals surface area contributed by atoms with Crippen LogP contribution in [-0.2, 0) is 10.0 Å². The second-order valence-corrected chi connectivity index (χ2v) is 9.68. The normalized spacial score (nSPS) is 11.8. The van der Waals surface area contributed by atoms with Crippen LogP contribution in [0.2, 0.25) is 0 Å². The summed E-state index contributed by atoms with van der Waals surface area (Å²) in [7, 11) is 0.208. The first-order valence-electron chi connectivity index (χ1n) is 7.65. The number of halogens is 1. The summed E-state index contributed by atoms with van der Waals surface area (Å²) in [5, 5.41) is 9.96. The van der Waals surface area contributed by atoms with Gasteiger partial charge in [-0.1, -0.05) is 0 Å². The molecule has 0 atom stereocenters. The molecule has 7 nitrogen and oxygen atoms in total. The molecule has 1 N–H and O–H groups in total. The van der Waals surface area contributed by atoms with Crippen molar-refractivity contribution in [1.82, 2.24) is 15.1 Å². The first-order chi connectivity index (χ1) is 12.4. The third-order valence-electron chi connectivity index (χ3n) is 3.47. The van der Waals surface area contributed by atoms with Crippen molar-refractivity contribution in [1.29, 1.82) is 0 Å². The van der Waals surface area contributed by atoms with Gasteiger partial charge >= 0.3 is 0 Å². The number of hydrogen-bond acceptors (Lipinski definition) is 7. The summed E-state index contributed by atoms with van der Waals surface area (Å²) in [5.74, 6) is 0.648. The summed E-state index contributed by atoms with van der Waals surface area (Å²) < 4.78 is 35.1. The van der Waals surface area contributed by atoms with E-state index in [2.05, 4.69) is 37.5 Å². The van der Waals surface area contributed by atoms with Crippen molar-refractivity contribution in [2.24, 2.45) is 0 Å². The summed E-state index contributed by atoms with van der Waals surface area (Å²) in [6.07, 6.45) is 1.48. The Morgan fingerprint density at radius 2 is 2.12 bits per heavy atom. The number of hydrogen-bond donors (Lipinski definition) is 1. The van der Waals surface area contributed by atoms with E-state index in [9.17, 15) is 8.42 Å². The monoisotopic (exact) mass is 504 g/mol. The number of likely N-dealkylation sites (N-methyl/N-ethyl adjacent to an activating group) is 1. The van der Waals surface area contributed by atoms with Gasteiger partial charge in [0.05, 0.1) is 15.5 Å². The van der Waals surface area contributed by atoms with Crippen molar-refractivity contribution in [2.75, 3.05) is 32.0 Å². The lowest BCUT2D eigenvalue weighted by molar-refractivity contribution is 0.260. The maximum atomic E-state index is 12.8. The molecule has 0 aliphatic rings. The number of nitrogens with zero attached hydrogens (tertiary/aromatic N) is 3. The average Bonchev–Trinajstić information content (AvgIpc) is 3.02. The van der Waals surface area contributed by atoms with Gasteiger partial charge < -0.3 is 9.64 Å². The van der Waals surface area contributed by atoms with Crippen LogP contribution in [0.3, 0.4) is 0 Å². The Kier molecular flexibility index (Phi) is 5.95. The molecule has 26 heavy (non-hydrogen) atoms. The third-order valence-corrected chi connectivity index (χ3v) is 7.30. The number of nitrogens with one attached hydrogen (secondary N) is 1. The Labute approximate surface area is 169 Å². The Morgan fingerprint density at radius 3 is 2.88 bits per heavy atom. The maximum absolute atomic E-state index is 12.8. The molecule has 0 bridgehead atoms. The molecule has 0 saturated heterocycles. The van der Waals surface area contributed by atoms with Gasteiger partial charge in [0.2, 0.25) is 0 Å². The number of anilines is 1. The van der Waals surface area contributed by atoms with E-state index in [-0.39, 0.29) is 4.21 Å². The maximum Gasteiger partial charge on any atom is 0.272 e. The van der Waals surface area contributed by atoms with E-state index in [4.69, 9.17) is 4.74 Å². The van der Waals surface area contributed by atoms with Crippen molar-refractivity contribution in [3.8, 4) is 5.75 Å². The minimum absolute atomic E-state index is 0.219. The molecule has 0 aliphatic carbocycles. The summed E-state index contributed by atoms with van der Waals surface area (Å²) in [6.45, 7) is 1.29. The standard InChI is InChI=1S/C16H17IN4O3S2/c1-21(2)7-8-24-15-9-11(3-4-13(15)17)20-26(22,23)16-12-5-6-18-19-14(12)10-25-16/h3-6,9-10,20H,7-8H2,1-2H3. The predicted molar refractivity (Wildman–Crippen MR) is 111 cm³/mol. The van der Waals surface area contributed by atoms with Gasteiger partial charge in [-0.15, -0.1) is 16.4 Å². The summed E-state index contributed by atoms with van der Waals surface area (Å²) in [6, 6.07) is 6.89. The molecule has 0 aliphatic heterocycles. The Balaban J connectivity index is 1.83. The van der Waals surface area contributed by atoms with Crippen molar-refractivity contribution in [2.45, 2.75) is 4.21 Å². The highest BCUT2D eigenvalue weighted by Gasteiger charge is 2.21. The largest absolute Gasteiger partial charge is 0.491 e. The molecule has 0 spiro atoms. The van der Waals surface area contributed by atoms with Gasteiger partial charge in [0.25, 0.3) is 10.0 Å². The number of aromatic nitrogens is 2. The van der Waals surface area contributed by atoms with Crippen molar-refractivity contribution >= 4 is 60.5 Å². The van der Waals surface area contributed by atoms with Crippen LogP contribution in [0.25, 0.3) is 10.9 Å². The highest BCUT2D eigenvalue weighted by Crippen LogP contribution is 2.31. The van der Waals surface area contributed by atoms with Crippen LogP contribution >= 0.6 is 33.9 Å². The molecule has 138 valence electrons. The minimum atomic E-state index is -3.73. The second-order valence-electron chi connectivity index (χ2n) is 5.76. The van der Waals surface area contributed by atoms with Crippen molar-refractivity contribution < 1.29 is 13.2 Å². The van der Waals surface area contributed by atoms with Gasteiger partial charge in [-0.05, 0) is 54.9 Å². The van der Waals surface area contributed by atoms with Gasteiger partial charge in [0.15, 0.2) is 0 Å². The molecule has 1 aromatic carbocycles. The number of rotatable bonds is 7. The van der Waals surface area contributed by atoms with E-state index >= 15 is 0 Å². The highest BCUT2D eigenvalue weighted by molar-refractivity contribution is 14.1. The first kappa shape index (κ1) is 19.3. The van der Waals surface area contributed by atoms with E-state index in [1.807, 2.05) is 25.1 Å². The van der Waals surface area contributed by atoms with Gasteiger partial charge in [0, 0.05) is 23.4 Å². The molecule has 0 unspecified atom stereocenters. The first-order valence-corrected chi connectivity index (χ1v) is 11.1. The van der Waals surface area contributed by atoms with Crippen LogP contribution in [-0.4, -0.2) is 50.8 Å². The SMILES string of the molecule is CN(C)CCOc1cc(NS(=O)(=O)c2scc3nnccc23)ccc1I. The molecule has 0 saturated carbocycles. The quantitative estimate of drug-likeness (QED) is 0.498. The van der Waals surface area contributed by atoms with Crippen LogP contribution in [0.4, 0.5) is 5.69 Å². The summed E-state index contributed by atoms with van der Waals surface area (Å²) >= 11 is 3.29. The number of thiophene rings is 1. The lowest BCUT2D eigenvalue weighted by Gasteiger charge is -2.14. The van der Waals surface area contributed by atoms with Crippen molar-refractivity contribution in [3.05, 3.63) is 39.4 Å². The zero-order valence-corrected chi connectivity index (χ0v) is 17.9. The fourth-order valence-corrected chi connectivity index (χ4v) is 5.15. The molecule has 0 amide bonds. The fourth-order valence-electron chi connectivity index (χ4n) is 2.20. The lowest BCUT2D eigenvalue weighted by Crippen LogP contribution is -2.19. The molecular formula is C16H17IN4O3S2. The van der Waals surface area contributed by atoms with Gasteiger partial charge in [-0.3, -0.25) is 4.72 Å². The minimum Gasteiger partial charge on any atom is -0.491 e. The zero-order chi connectivity index (χ0) is 18.7. The smallest absolute Gasteiger partial charge is 0.272 e. The van der Waals surface area contributed by atoms with E-state index < -0.39 is 10.0 Å². The average molecular weight is 504 g/mol. The van der Waals surface area contributed by atoms with Crippen LogP contribution in [0.15, 0.2) is 40.1 Å². The number of benzene rings is 1. The van der Waals surface area contributed by atoms with Crippen LogP contribution in [0.5, 0.6) is 5.75 Å². The number of ether oxygens (including phenoxy) is 1.